The molecular formula is C32H33N5O5S. The minimum atomic E-state index is -3.61. The Balaban J connectivity index is 1.59. The Morgan fingerprint density at radius 3 is 2.35 bits per heavy atom. The van der Waals surface area contributed by atoms with Gasteiger partial charge < -0.3 is 4.74 Å². The van der Waals surface area contributed by atoms with E-state index in [1.807, 2.05) is 36.4 Å². The van der Waals surface area contributed by atoms with Crippen molar-refractivity contribution in [3.63, 3.8) is 0 Å². The number of benzene rings is 2. The van der Waals surface area contributed by atoms with E-state index >= 15 is 0 Å². The lowest BCUT2D eigenvalue weighted by atomic mass is 9.93. The van der Waals surface area contributed by atoms with Gasteiger partial charge in [-0.3, -0.25) is 14.5 Å². The van der Waals surface area contributed by atoms with Crippen LogP contribution in [0.2, 0.25) is 0 Å². The van der Waals surface area contributed by atoms with E-state index in [9.17, 15) is 23.3 Å². The molecule has 43 heavy (non-hydrogen) atoms. The summed E-state index contributed by atoms with van der Waals surface area (Å²) in [6.45, 7) is 3.09. The fourth-order valence-electron chi connectivity index (χ4n) is 5.32. The van der Waals surface area contributed by atoms with Gasteiger partial charge in [-0.25, -0.2) is 13.1 Å². The van der Waals surface area contributed by atoms with Gasteiger partial charge >= 0.3 is 0 Å². The molecule has 222 valence electrons. The summed E-state index contributed by atoms with van der Waals surface area (Å²) < 4.78 is 34.7. The van der Waals surface area contributed by atoms with Crippen LogP contribution in [0.5, 0.6) is 0 Å². The van der Waals surface area contributed by atoms with E-state index in [2.05, 4.69) is 0 Å². The number of carbonyl (C=O) groups is 2. The van der Waals surface area contributed by atoms with Crippen LogP contribution in [0.15, 0.2) is 82.4 Å². The highest BCUT2D eigenvalue weighted by molar-refractivity contribution is 7.89. The van der Waals surface area contributed by atoms with Crippen molar-refractivity contribution in [2.24, 2.45) is 0 Å². The minimum absolute atomic E-state index is 0.0902. The second-order valence-corrected chi connectivity index (χ2v) is 12.4. The zero-order valence-electron chi connectivity index (χ0n) is 24.2. The van der Waals surface area contributed by atoms with Crippen molar-refractivity contribution < 1.29 is 22.7 Å². The lowest BCUT2D eigenvalue weighted by Crippen LogP contribution is -2.43. The van der Waals surface area contributed by atoms with E-state index in [0.29, 0.717) is 48.5 Å². The summed E-state index contributed by atoms with van der Waals surface area (Å²) >= 11 is 0. The number of para-hydroxylation sites is 1. The van der Waals surface area contributed by atoms with Crippen LogP contribution in [0.25, 0.3) is 23.0 Å². The Hall–Kier alpha value is -4.37. The molecule has 2 aromatic carbocycles. The Kier molecular flexibility index (Phi) is 9.01. The average Bonchev–Trinajstić information content (AvgIpc) is 3.46. The lowest BCUT2D eigenvalue weighted by molar-refractivity contribution is -0.140. The SMILES string of the molecule is COCCCN1C(=O)C(C#N)=C(C)/C(=C\c2cn(-c3ccccc3)nc2-c2ccc(S(=O)(=O)N3CCCCC3)cc2)C1=O. The molecule has 0 bridgehead atoms. The summed E-state index contributed by atoms with van der Waals surface area (Å²) in [4.78, 5) is 27.8. The number of imide groups is 1. The second kappa shape index (κ2) is 12.9. The molecular weight excluding hydrogens is 566 g/mol. The lowest BCUT2D eigenvalue weighted by Gasteiger charge is -2.27. The van der Waals surface area contributed by atoms with Crippen LogP contribution in [0.1, 0.15) is 38.2 Å². The van der Waals surface area contributed by atoms with Crippen molar-refractivity contribution in [2.45, 2.75) is 37.5 Å². The van der Waals surface area contributed by atoms with Crippen LogP contribution in [-0.4, -0.2) is 72.6 Å². The van der Waals surface area contributed by atoms with Gasteiger partial charge in [0.15, 0.2) is 0 Å². The number of piperidine rings is 1. The predicted octanol–water partition coefficient (Wildman–Crippen LogP) is 4.34. The summed E-state index contributed by atoms with van der Waals surface area (Å²) in [6.07, 6.45) is 6.57. The van der Waals surface area contributed by atoms with Gasteiger partial charge in [0.05, 0.1) is 16.3 Å². The molecule has 0 saturated carbocycles. The molecule has 0 N–H and O–H groups in total. The van der Waals surface area contributed by atoms with Crippen LogP contribution in [-0.2, 0) is 24.3 Å². The Bertz CT molecular complexity index is 1730. The molecule has 11 heteroatoms. The van der Waals surface area contributed by atoms with Crippen LogP contribution < -0.4 is 0 Å². The molecule has 2 amide bonds. The molecule has 1 fully saturated rings. The first kappa shape index (κ1) is 30.1. The maximum atomic E-state index is 13.6. The summed E-state index contributed by atoms with van der Waals surface area (Å²) in [6, 6.07) is 18.0. The van der Waals surface area contributed by atoms with Gasteiger partial charge in [0.1, 0.15) is 11.6 Å². The summed E-state index contributed by atoms with van der Waals surface area (Å²) in [5.41, 5.74) is 2.94. The molecule has 1 aromatic heterocycles. The standard InChI is InChI=1S/C32H33N5O5S/c1-23-28(31(38)36(18-9-19-42-2)32(39)29(23)21-33)20-25-22-37(26-10-5-3-6-11-26)34-30(25)24-12-14-27(15-13-24)43(40,41)35-16-7-4-8-17-35/h3,5-6,10-15,20,22H,4,7-9,16-19H2,1-2H3/b28-20+. The van der Waals surface area contributed by atoms with Crippen molar-refractivity contribution in [1.29, 1.82) is 5.26 Å². The molecule has 2 aliphatic heterocycles. The van der Waals surface area contributed by atoms with E-state index in [1.54, 1.807) is 48.1 Å². The molecule has 0 aliphatic carbocycles. The molecule has 10 nitrogen and oxygen atoms in total. The van der Waals surface area contributed by atoms with Crippen LogP contribution >= 0.6 is 0 Å². The Morgan fingerprint density at radius 1 is 1.00 bits per heavy atom. The highest BCUT2D eigenvalue weighted by Gasteiger charge is 2.35. The van der Waals surface area contributed by atoms with Crippen molar-refractivity contribution in [3.05, 3.63) is 83.1 Å². The number of ether oxygens (including phenoxy) is 1. The molecule has 2 aliphatic rings. The smallest absolute Gasteiger partial charge is 0.271 e. The molecule has 3 aromatic rings. The first-order valence-electron chi connectivity index (χ1n) is 14.2. The molecule has 3 heterocycles. The fraction of sp³-hybridized carbons (Fsp3) is 0.312. The molecule has 5 rings (SSSR count). The highest BCUT2D eigenvalue weighted by Crippen LogP contribution is 2.32. The van der Waals surface area contributed by atoms with Crippen LogP contribution in [0.4, 0.5) is 0 Å². The quantitative estimate of drug-likeness (QED) is 0.203. The van der Waals surface area contributed by atoms with Gasteiger partial charge in [-0.05, 0) is 62.1 Å². The van der Waals surface area contributed by atoms with Crippen LogP contribution in [0.3, 0.4) is 0 Å². The first-order valence-corrected chi connectivity index (χ1v) is 15.6. The van der Waals surface area contributed by atoms with Gasteiger partial charge in [0.25, 0.3) is 11.8 Å². The molecule has 0 atom stereocenters. The van der Waals surface area contributed by atoms with Crippen molar-refractivity contribution in [1.82, 2.24) is 19.0 Å². The predicted molar refractivity (Wildman–Crippen MR) is 161 cm³/mol. The maximum absolute atomic E-state index is 13.6. The Labute approximate surface area is 251 Å². The number of nitrogens with zero attached hydrogens (tertiary/aromatic N) is 5. The third-order valence-electron chi connectivity index (χ3n) is 7.70. The first-order chi connectivity index (χ1) is 20.8. The third kappa shape index (κ3) is 6.08. The largest absolute Gasteiger partial charge is 0.385 e. The summed E-state index contributed by atoms with van der Waals surface area (Å²) in [7, 11) is -2.07. The van der Waals surface area contributed by atoms with Crippen LogP contribution in [0, 0.1) is 11.3 Å². The van der Waals surface area contributed by atoms with Crippen molar-refractivity contribution >= 4 is 27.9 Å². The number of nitriles is 1. The highest BCUT2D eigenvalue weighted by atomic mass is 32.2. The zero-order valence-corrected chi connectivity index (χ0v) is 25.0. The van der Waals surface area contributed by atoms with E-state index in [-0.39, 0.29) is 22.6 Å². The number of methoxy groups -OCH3 is 1. The number of hydrogen-bond acceptors (Lipinski definition) is 7. The second-order valence-electron chi connectivity index (χ2n) is 10.5. The normalized spacial score (nSPS) is 17.5. The average molecular weight is 600 g/mol. The van der Waals surface area contributed by atoms with E-state index in [0.717, 1.165) is 29.8 Å². The van der Waals surface area contributed by atoms with Gasteiger partial charge in [-0.1, -0.05) is 36.8 Å². The maximum Gasteiger partial charge on any atom is 0.271 e. The van der Waals surface area contributed by atoms with Gasteiger partial charge in [0, 0.05) is 56.2 Å². The van der Waals surface area contributed by atoms with Gasteiger partial charge in [0.2, 0.25) is 10.0 Å². The zero-order chi connectivity index (χ0) is 30.6. The van der Waals surface area contributed by atoms with Crippen molar-refractivity contribution in [2.75, 3.05) is 33.4 Å². The monoisotopic (exact) mass is 599 g/mol. The van der Waals surface area contributed by atoms with E-state index < -0.39 is 21.8 Å². The minimum Gasteiger partial charge on any atom is -0.385 e. The summed E-state index contributed by atoms with van der Waals surface area (Å²) in [5.74, 6) is -1.12. The number of aromatic nitrogens is 2. The number of carbonyl (C=O) groups excluding carboxylic acids is 2. The molecule has 0 radical (unpaired) electrons. The molecule has 0 spiro atoms. The topological polar surface area (TPSA) is 126 Å². The Morgan fingerprint density at radius 2 is 1.70 bits per heavy atom. The fourth-order valence-corrected chi connectivity index (χ4v) is 6.84. The molecule has 0 unspecified atom stereocenters. The van der Waals surface area contributed by atoms with E-state index in [4.69, 9.17) is 9.84 Å². The van der Waals surface area contributed by atoms with Gasteiger partial charge in [-0.2, -0.15) is 14.7 Å². The third-order valence-corrected chi connectivity index (χ3v) is 9.61. The van der Waals surface area contributed by atoms with Gasteiger partial charge in [-0.15, -0.1) is 0 Å². The number of rotatable bonds is 9. The van der Waals surface area contributed by atoms with Crippen molar-refractivity contribution in [3.8, 4) is 23.0 Å². The number of amides is 2. The number of sulfonamides is 1. The van der Waals surface area contributed by atoms with E-state index in [1.165, 1.54) is 11.4 Å². The number of hydrogen-bond donors (Lipinski definition) is 0. The summed E-state index contributed by atoms with van der Waals surface area (Å²) in [5, 5.41) is 14.6. The molecule has 1 saturated heterocycles.